The number of nitrogens with one attached hydrogen (secondary N) is 1. The molecular weight excluding hydrogens is 238 g/mol. The van der Waals surface area contributed by atoms with Gasteiger partial charge in [-0.2, -0.15) is 0 Å². The van der Waals surface area contributed by atoms with Gasteiger partial charge < -0.3 is 15.1 Å². The molecular formula is C11H19N3O2S. The average Bonchev–Trinajstić information content (AvgIpc) is 2.77. The first-order valence-corrected chi connectivity index (χ1v) is 7.13. The number of carbonyl (C=O) groups excluding carboxylic acids is 2. The predicted molar refractivity (Wildman–Crippen MR) is 67.7 cm³/mol. The van der Waals surface area contributed by atoms with Crippen molar-refractivity contribution in [3.05, 3.63) is 0 Å². The van der Waals surface area contributed by atoms with Crippen molar-refractivity contribution in [2.45, 2.75) is 25.9 Å². The zero-order chi connectivity index (χ0) is 12.4. The molecule has 17 heavy (non-hydrogen) atoms. The van der Waals surface area contributed by atoms with Crippen molar-refractivity contribution in [3.8, 4) is 0 Å². The Labute approximate surface area is 106 Å². The molecule has 6 heteroatoms. The van der Waals surface area contributed by atoms with Crippen LogP contribution in [0.1, 0.15) is 13.8 Å². The molecule has 0 bridgehead atoms. The van der Waals surface area contributed by atoms with Crippen LogP contribution >= 0.6 is 11.8 Å². The van der Waals surface area contributed by atoms with Crippen LogP contribution in [0.4, 0.5) is 0 Å². The molecule has 0 aromatic rings. The maximum atomic E-state index is 12.4. The number of rotatable bonds is 1. The van der Waals surface area contributed by atoms with Crippen molar-refractivity contribution in [2.75, 3.05) is 31.3 Å². The van der Waals surface area contributed by atoms with E-state index in [0.717, 1.165) is 25.4 Å². The molecule has 2 aliphatic rings. The lowest BCUT2D eigenvalue weighted by Gasteiger charge is -2.37. The van der Waals surface area contributed by atoms with E-state index in [2.05, 4.69) is 5.32 Å². The second-order valence-electron chi connectivity index (χ2n) is 4.59. The summed E-state index contributed by atoms with van der Waals surface area (Å²) in [5, 5.41) is 3.26. The van der Waals surface area contributed by atoms with Crippen LogP contribution in [0.15, 0.2) is 0 Å². The summed E-state index contributed by atoms with van der Waals surface area (Å²) >= 11 is 1.65. The van der Waals surface area contributed by atoms with E-state index in [-0.39, 0.29) is 23.9 Å². The fourth-order valence-electron chi connectivity index (χ4n) is 2.32. The highest BCUT2D eigenvalue weighted by Crippen LogP contribution is 2.23. The second kappa shape index (κ2) is 5.27. The molecule has 2 unspecified atom stereocenters. The van der Waals surface area contributed by atoms with E-state index >= 15 is 0 Å². The molecule has 2 atom stereocenters. The lowest BCUT2D eigenvalue weighted by molar-refractivity contribution is -0.144. The molecule has 1 N–H and O–H groups in total. The highest BCUT2D eigenvalue weighted by atomic mass is 32.2. The van der Waals surface area contributed by atoms with Crippen molar-refractivity contribution in [2.24, 2.45) is 0 Å². The topological polar surface area (TPSA) is 52.7 Å². The molecule has 2 heterocycles. The second-order valence-corrected chi connectivity index (χ2v) is 5.59. The van der Waals surface area contributed by atoms with Gasteiger partial charge in [0.25, 0.3) is 0 Å². The normalized spacial score (nSPS) is 29.5. The van der Waals surface area contributed by atoms with Gasteiger partial charge in [-0.3, -0.25) is 9.59 Å². The van der Waals surface area contributed by atoms with Crippen molar-refractivity contribution in [3.63, 3.8) is 0 Å². The Morgan fingerprint density at radius 3 is 2.76 bits per heavy atom. The third-order valence-electron chi connectivity index (χ3n) is 3.36. The Hall–Kier alpha value is -0.750. The van der Waals surface area contributed by atoms with E-state index < -0.39 is 0 Å². The van der Waals surface area contributed by atoms with E-state index in [1.165, 1.54) is 6.92 Å². The first-order chi connectivity index (χ1) is 8.11. The van der Waals surface area contributed by atoms with Crippen LogP contribution in [-0.2, 0) is 9.59 Å². The fourth-order valence-corrected chi connectivity index (χ4v) is 3.53. The number of thioether (sulfide) groups is 1. The van der Waals surface area contributed by atoms with E-state index in [1.54, 1.807) is 16.7 Å². The molecule has 2 fully saturated rings. The van der Waals surface area contributed by atoms with Gasteiger partial charge in [0.05, 0.1) is 5.88 Å². The van der Waals surface area contributed by atoms with Crippen LogP contribution in [0, 0.1) is 0 Å². The summed E-state index contributed by atoms with van der Waals surface area (Å²) in [5.74, 6) is 1.48. The van der Waals surface area contributed by atoms with Crippen LogP contribution in [0.2, 0.25) is 0 Å². The number of piperazine rings is 1. The van der Waals surface area contributed by atoms with Crippen LogP contribution in [0.3, 0.4) is 0 Å². The number of nitrogens with zero attached hydrogens (tertiary/aromatic N) is 2. The molecule has 0 aromatic carbocycles. The quantitative estimate of drug-likeness (QED) is 0.702. The molecule has 0 aliphatic carbocycles. The largest absolute Gasteiger partial charge is 0.336 e. The summed E-state index contributed by atoms with van der Waals surface area (Å²) in [6.07, 6.45) is 0. The van der Waals surface area contributed by atoms with Crippen LogP contribution in [-0.4, -0.2) is 65.0 Å². The first-order valence-electron chi connectivity index (χ1n) is 5.97. The Kier molecular flexibility index (Phi) is 3.93. The average molecular weight is 257 g/mol. The number of carbonyl (C=O) groups is 2. The molecule has 0 radical (unpaired) electrons. The number of hydrogen-bond acceptors (Lipinski definition) is 4. The minimum Gasteiger partial charge on any atom is -0.336 e. The molecule has 96 valence electrons. The maximum absolute atomic E-state index is 12.4. The van der Waals surface area contributed by atoms with E-state index in [9.17, 15) is 9.59 Å². The van der Waals surface area contributed by atoms with Crippen molar-refractivity contribution < 1.29 is 9.59 Å². The van der Waals surface area contributed by atoms with E-state index in [4.69, 9.17) is 0 Å². The minimum atomic E-state index is -0.252. The first kappa shape index (κ1) is 12.7. The molecule has 0 saturated carbocycles. The minimum absolute atomic E-state index is 0.00358. The molecule has 0 spiro atoms. The van der Waals surface area contributed by atoms with Crippen LogP contribution in [0.5, 0.6) is 0 Å². The monoisotopic (exact) mass is 257 g/mol. The lowest BCUT2D eigenvalue weighted by atomic mass is 10.1. The summed E-state index contributed by atoms with van der Waals surface area (Å²) in [6, 6.07) is -0.0336. The Morgan fingerprint density at radius 1 is 1.35 bits per heavy atom. The van der Waals surface area contributed by atoms with Gasteiger partial charge in [-0.15, -0.1) is 11.8 Å². The maximum Gasteiger partial charge on any atom is 0.246 e. The van der Waals surface area contributed by atoms with Crippen LogP contribution in [0.25, 0.3) is 0 Å². The highest BCUT2D eigenvalue weighted by molar-refractivity contribution is 7.99. The zero-order valence-electron chi connectivity index (χ0n) is 10.3. The summed E-state index contributed by atoms with van der Waals surface area (Å²) in [6.45, 7) is 6.01. The van der Waals surface area contributed by atoms with Gasteiger partial charge >= 0.3 is 0 Å². The third-order valence-corrected chi connectivity index (χ3v) is 4.37. The van der Waals surface area contributed by atoms with Gasteiger partial charge in [0.15, 0.2) is 0 Å². The van der Waals surface area contributed by atoms with Gasteiger partial charge in [0.1, 0.15) is 6.04 Å². The molecule has 0 aromatic heterocycles. The van der Waals surface area contributed by atoms with E-state index in [1.807, 2.05) is 11.8 Å². The smallest absolute Gasteiger partial charge is 0.246 e. The fraction of sp³-hybridized carbons (Fsp3) is 0.818. The number of amides is 2. The van der Waals surface area contributed by atoms with Crippen LogP contribution < -0.4 is 5.32 Å². The van der Waals surface area contributed by atoms with Gasteiger partial charge in [-0.25, -0.2) is 0 Å². The van der Waals surface area contributed by atoms with Crippen molar-refractivity contribution in [1.29, 1.82) is 0 Å². The van der Waals surface area contributed by atoms with Gasteiger partial charge in [0.2, 0.25) is 11.8 Å². The highest BCUT2D eigenvalue weighted by Gasteiger charge is 2.37. The summed E-state index contributed by atoms with van der Waals surface area (Å²) in [7, 11) is 0. The molecule has 2 aliphatic heterocycles. The summed E-state index contributed by atoms with van der Waals surface area (Å²) in [5.41, 5.74) is 0. The van der Waals surface area contributed by atoms with Crippen molar-refractivity contribution in [1.82, 2.24) is 15.1 Å². The Balaban J connectivity index is 2.05. The predicted octanol–water partition coefficient (Wildman–Crippen LogP) is -0.272. The zero-order valence-corrected chi connectivity index (χ0v) is 11.1. The summed E-state index contributed by atoms with van der Waals surface area (Å²) < 4.78 is 0. The third kappa shape index (κ3) is 2.57. The van der Waals surface area contributed by atoms with Crippen molar-refractivity contribution >= 4 is 23.6 Å². The van der Waals surface area contributed by atoms with Gasteiger partial charge in [0, 0.05) is 38.4 Å². The Bertz CT molecular complexity index is 324. The van der Waals surface area contributed by atoms with Gasteiger partial charge in [-0.1, -0.05) is 0 Å². The standard InChI is InChI=1S/C11H19N3O2S/c1-8-5-12-3-4-13(8)11(16)10-6-17-7-14(10)9(2)15/h8,10,12H,3-7H2,1-2H3. The Morgan fingerprint density at radius 2 is 2.12 bits per heavy atom. The molecule has 2 rings (SSSR count). The SMILES string of the molecule is CC(=O)N1CSCC1C(=O)N1CCNCC1C. The number of hydrogen-bond donors (Lipinski definition) is 1. The molecule has 5 nitrogen and oxygen atoms in total. The molecule has 2 amide bonds. The van der Waals surface area contributed by atoms with Gasteiger partial charge in [-0.05, 0) is 6.92 Å². The van der Waals surface area contributed by atoms with E-state index in [0.29, 0.717) is 5.88 Å². The molecule has 2 saturated heterocycles. The summed E-state index contributed by atoms with van der Waals surface area (Å²) in [4.78, 5) is 27.5. The lowest BCUT2D eigenvalue weighted by Crippen LogP contribution is -2.57.